The molecule has 0 atom stereocenters. The maximum atomic E-state index is 17.8. The summed E-state index contributed by atoms with van der Waals surface area (Å²) in [4.78, 5) is 74.2. The van der Waals surface area contributed by atoms with Crippen LogP contribution in [0.25, 0.3) is 27.5 Å². The summed E-state index contributed by atoms with van der Waals surface area (Å²) in [5.74, 6) is -2.60. The Bertz CT molecular complexity index is 4770. The van der Waals surface area contributed by atoms with Crippen LogP contribution in [0.15, 0.2) is 217 Å². The zero-order valence-electron chi connectivity index (χ0n) is 53.5. The number of aromatic nitrogens is 1. The number of halogens is 2. The molecule has 2 amide bonds. The number of benzene rings is 9. The highest BCUT2D eigenvalue weighted by atomic mass is 19.2. The number of hydrogen-bond donors (Lipinski definition) is 0. The monoisotopic (exact) mass is 1250 g/mol. The van der Waals surface area contributed by atoms with Gasteiger partial charge in [-0.3, -0.25) is 14.4 Å². The summed E-state index contributed by atoms with van der Waals surface area (Å²) in [7, 11) is 0. The predicted octanol–water partition coefficient (Wildman–Crippen LogP) is 17.3. The van der Waals surface area contributed by atoms with Gasteiger partial charge in [0.05, 0.1) is 16.8 Å². The molecule has 0 saturated heterocycles. The van der Waals surface area contributed by atoms with Crippen molar-refractivity contribution in [1.29, 1.82) is 0 Å². The molecule has 0 radical (unpaired) electrons. The van der Waals surface area contributed by atoms with Crippen LogP contribution in [-0.2, 0) is 38.7 Å². The van der Waals surface area contributed by atoms with Crippen molar-refractivity contribution in [3.05, 3.63) is 295 Å². The van der Waals surface area contributed by atoms with Gasteiger partial charge in [-0.05, 0) is 195 Å². The van der Waals surface area contributed by atoms with Crippen molar-refractivity contribution in [2.75, 3.05) is 9.80 Å². The molecular formula is C79H67BF2N4O8. The Morgan fingerprint density at radius 3 is 1.67 bits per heavy atom. The lowest BCUT2D eigenvalue weighted by Gasteiger charge is -2.34. The van der Waals surface area contributed by atoms with Crippen molar-refractivity contribution in [3.8, 4) is 16.9 Å². The SMILES string of the molecule is CC1=C(C(=O)OCc2ccccc2)C(C)=[N+]2C1=C(c1c(C)cc(OC(=O)CCCc3ccc(N4C(=O)c5cccc6c(-c7ccc(N(c8ccc(C)cc8)c8ccc(C)cc8)cc7)ccc(c56)C4=O)cc3)cc1C)c1c(C)c(C(=O)OCc3ccccc3)c(C)n1[B-]2(F)F. The maximum Gasteiger partial charge on any atom is 0.737 e. The molecule has 0 N–H and O–H groups in total. The summed E-state index contributed by atoms with van der Waals surface area (Å²) < 4.78 is 54.9. The Balaban J connectivity index is 0.716. The van der Waals surface area contributed by atoms with Gasteiger partial charge in [0.25, 0.3) is 11.8 Å². The molecule has 0 aliphatic carbocycles. The molecule has 0 saturated carbocycles. The van der Waals surface area contributed by atoms with Gasteiger partial charge in [0.2, 0.25) is 0 Å². The number of amides is 2. The molecule has 0 unspecified atom stereocenters. The van der Waals surface area contributed by atoms with E-state index in [4.69, 9.17) is 14.2 Å². The van der Waals surface area contributed by atoms with Gasteiger partial charge in [-0.1, -0.05) is 139 Å². The summed E-state index contributed by atoms with van der Waals surface area (Å²) >= 11 is 0. The lowest BCUT2D eigenvalue weighted by molar-refractivity contribution is -0.363. The normalized spacial score (nSPS) is 14.0. The topological polar surface area (TPSA) is 127 Å². The van der Waals surface area contributed by atoms with Crippen LogP contribution < -0.4 is 14.5 Å². The summed E-state index contributed by atoms with van der Waals surface area (Å²) in [5, 5.41) is 1.41. The van der Waals surface area contributed by atoms with Crippen LogP contribution in [-0.4, -0.2) is 51.4 Å². The van der Waals surface area contributed by atoms with Crippen molar-refractivity contribution in [1.82, 2.24) is 4.48 Å². The fourth-order valence-corrected chi connectivity index (χ4v) is 13.8. The van der Waals surface area contributed by atoms with Crippen LogP contribution in [0.1, 0.15) is 119 Å². The van der Waals surface area contributed by atoms with Crippen molar-refractivity contribution >= 4 is 81.5 Å². The third kappa shape index (κ3) is 11.1. The lowest BCUT2D eigenvalue weighted by Crippen LogP contribution is -2.52. The van der Waals surface area contributed by atoms with Gasteiger partial charge in [0, 0.05) is 58.2 Å². The Morgan fingerprint density at radius 1 is 0.564 bits per heavy atom. The molecule has 0 spiro atoms. The quantitative estimate of drug-likeness (QED) is 0.0379. The van der Waals surface area contributed by atoms with E-state index in [1.165, 1.54) is 29.9 Å². The number of esters is 3. The van der Waals surface area contributed by atoms with E-state index in [9.17, 15) is 24.0 Å². The first-order valence-electron chi connectivity index (χ1n) is 31.4. The molecule has 1 aromatic heterocycles. The fourth-order valence-electron chi connectivity index (χ4n) is 13.8. The number of hydrogen-bond acceptors (Lipinski definition) is 9. The van der Waals surface area contributed by atoms with Crippen molar-refractivity contribution in [2.24, 2.45) is 0 Å². The Morgan fingerprint density at radius 2 is 1.10 bits per heavy atom. The number of carbonyl (C=O) groups excluding carboxylic acids is 5. The third-order valence-corrected chi connectivity index (χ3v) is 18.3. The van der Waals surface area contributed by atoms with Crippen molar-refractivity contribution in [3.63, 3.8) is 0 Å². The first kappa shape index (κ1) is 61.8. The van der Waals surface area contributed by atoms with E-state index in [1.54, 1.807) is 64.1 Å². The number of nitrogens with zero attached hydrogens (tertiary/aromatic N) is 4. The van der Waals surface area contributed by atoms with E-state index in [1.807, 2.05) is 91.0 Å². The molecular weight excluding hydrogens is 1180 g/mol. The number of fused-ring (bicyclic) bond motifs is 2. The van der Waals surface area contributed by atoms with Gasteiger partial charge in [-0.25, -0.2) is 14.5 Å². The lowest BCUT2D eigenvalue weighted by atomic mass is 9.81. The van der Waals surface area contributed by atoms with Crippen LogP contribution in [0.5, 0.6) is 5.75 Å². The maximum absolute atomic E-state index is 17.8. The molecule has 13 rings (SSSR count). The molecule has 3 aliphatic rings. The number of aryl methyl sites for hydroxylation is 5. The molecule has 468 valence electrons. The molecule has 15 heteroatoms. The Kier molecular flexibility index (Phi) is 16.3. The molecule has 0 fully saturated rings. The molecule has 94 heavy (non-hydrogen) atoms. The highest BCUT2D eigenvalue weighted by molar-refractivity contribution is 6.59. The number of carbonyl (C=O) groups is 5. The fraction of sp³-hybridized carbons (Fsp3) is 0.165. The van der Waals surface area contributed by atoms with Gasteiger partial charge >= 0.3 is 24.9 Å². The van der Waals surface area contributed by atoms with Gasteiger partial charge in [0.1, 0.15) is 30.2 Å². The number of allylic oxidation sites excluding steroid dienone is 1. The average Bonchev–Trinajstić information content (AvgIpc) is 1.51. The number of imide groups is 1. The largest absolute Gasteiger partial charge is 0.737 e. The first-order valence-corrected chi connectivity index (χ1v) is 31.4. The summed E-state index contributed by atoms with van der Waals surface area (Å²) in [6, 6.07) is 63.3. The average molecular weight is 1250 g/mol. The van der Waals surface area contributed by atoms with Gasteiger partial charge < -0.3 is 36.7 Å². The highest BCUT2D eigenvalue weighted by Gasteiger charge is 2.58. The van der Waals surface area contributed by atoms with Crippen LogP contribution in [0.3, 0.4) is 0 Å². The van der Waals surface area contributed by atoms with Gasteiger partial charge in [-0.2, -0.15) is 0 Å². The summed E-state index contributed by atoms with van der Waals surface area (Å²) in [5.41, 5.74) is 13.7. The van der Waals surface area contributed by atoms with Crippen LogP contribution in [0, 0.1) is 41.5 Å². The second-order valence-corrected chi connectivity index (χ2v) is 24.5. The van der Waals surface area contributed by atoms with Gasteiger partial charge in [0.15, 0.2) is 5.70 Å². The number of rotatable bonds is 17. The number of anilines is 4. The second-order valence-electron chi connectivity index (χ2n) is 24.5. The van der Waals surface area contributed by atoms with E-state index >= 15 is 8.63 Å². The van der Waals surface area contributed by atoms with Crippen LogP contribution in [0.4, 0.5) is 31.4 Å². The molecule has 12 nitrogen and oxygen atoms in total. The van der Waals surface area contributed by atoms with E-state index in [0.29, 0.717) is 57.3 Å². The Hall–Kier alpha value is -11.1. The third-order valence-electron chi connectivity index (χ3n) is 18.3. The first-order chi connectivity index (χ1) is 45.3. The van der Waals surface area contributed by atoms with Crippen LogP contribution >= 0.6 is 0 Å². The Labute approximate surface area is 544 Å². The minimum absolute atomic E-state index is 0.000116. The van der Waals surface area contributed by atoms with Crippen LogP contribution in [0.2, 0.25) is 0 Å². The summed E-state index contributed by atoms with van der Waals surface area (Å²) in [6.07, 6.45) is 0.954. The zero-order chi connectivity index (χ0) is 65.9. The van der Waals surface area contributed by atoms with Gasteiger partial charge in [-0.15, -0.1) is 0 Å². The van der Waals surface area contributed by atoms with Crippen molar-refractivity contribution < 1.29 is 51.3 Å². The minimum Gasteiger partial charge on any atom is -0.457 e. The van der Waals surface area contributed by atoms with E-state index in [2.05, 4.69) is 91.5 Å². The summed E-state index contributed by atoms with van der Waals surface area (Å²) in [6.45, 7) is 9.11. The standard InChI is InChI=1S/C79H67BF2N4O8/c1-47-25-33-59(34-26-47)83(60-35-27-48(2)28-36-60)61-39-31-58(32-40-61)64-41-42-67-72-65(64)22-16-23-66(72)76(88)84(77(67)89)62-37-29-55(30-38-62)21-15-24-68(87)94-63-43-49(3)69(50(4)44-63)73-74-51(5)70(78(90)92-45-56-17-11-9-12-18-56)53(7)85(74)80(81,82)86-54(8)71(52(6)75(73)86)79(91)93-46-57-19-13-10-14-20-57/h9-14,16-20,22-23,25-44H,15,21,24,45-46H2,1-8H3. The smallest absolute Gasteiger partial charge is 0.457 e. The molecule has 3 aliphatic heterocycles. The molecule has 10 aromatic rings. The van der Waals surface area contributed by atoms with E-state index in [-0.39, 0.29) is 70.5 Å². The predicted molar refractivity (Wildman–Crippen MR) is 364 cm³/mol. The number of ether oxygens (including phenoxy) is 3. The molecule has 9 aromatic carbocycles. The molecule has 0 bridgehead atoms. The molecule has 4 heterocycles. The second kappa shape index (κ2) is 24.9. The van der Waals surface area contributed by atoms with E-state index in [0.717, 1.165) is 59.2 Å². The highest BCUT2D eigenvalue weighted by Crippen LogP contribution is 2.49. The minimum atomic E-state index is -4.74. The zero-order valence-corrected chi connectivity index (χ0v) is 53.5. The van der Waals surface area contributed by atoms with E-state index < -0.39 is 36.7 Å². The van der Waals surface area contributed by atoms with Crippen molar-refractivity contribution in [2.45, 2.75) is 87.9 Å².